The molecule has 2 nitrogen and oxygen atoms in total. The van der Waals surface area contributed by atoms with Gasteiger partial charge in [-0.2, -0.15) is 0 Å². The number of carbonyl (C=O) groups excluding carboxylic acids is 1. The van der Waals surface area contributed by atoms with Crippen molar-refractivity contribution in [2.45, 2.75) is 19.8 Å². The van der Waals surface area contributed by atoms with Crippen molar-refractivity contribution in [1.29, 1.82) is 0 Å². The van der Waals surface area contributed by atoms with Crippen LogP contribution >= 0.6 is 0 Å². The Labute approximate surface area is 113 Å². The molecule has 3 rings (SSSR count). The summed E-state index contributed by atoms with van der Waals surface area (Å²) in [6.45, 7) is 2.41. The predicted octanol–water partition coefficient (Wildman–Crippen LogP) is 3.88. The van der Waals surface area contributed by atoms with Crippen LogP contribution in [-0.4, -0.2) is 12.4 Å². The number of aryl methyl sites for hydroxylation is 1. The van der Waals surface area contributed by atoms with Crippen LogP contribution in [0, 0.1) is 0 Å². The van der Waals surface area contributed by atoms with E-state index in [1.807, 2.05) is 30.3 Å². The second-order valence-electron chi connectivity index (χ2n) is 4.91. The van der Waals surface area contributed by atoms with E-state index < -0.39 is 0 Å². The van der Waals surface area contributed by atoms with E-state index in [1.54, 1.807) is 6.92 Å². The number of ether oxygens (including phenoxy) is 1. The van der Waals surface area contributed by atoms with E-state index in [2.05, 4.69) is 12.1 Å². The molecule has 0 aliphatic carbocycles. The molecule has 0 N–H and O–H groups in total. The Hall–Kier alpha value is -2.09. The maximum atomic E-state index is 11.3. The van der Waals surface area contributed by atoms with Crippen LogP contribution in [-0.2, 0) is 6.42 Å². The van der Waals surface area contributed by atoms with Crippen molar-refractivity contribution >= 4 is 5.78 Å². The molecular formula is C17H16O2. The molecule has 0 saturated carbocycles. The first-order valence-corrected chi connectivity index (χ1v) is 6.61. The topological polar surface area (TPSA) is 26.3 Å². The minimum Gasteiger partial charge on any atom is -0.493 e. The van der Waals surface area contributed by atoms with Gasteiger partial charge in [0.25, 0.3) is 0 Å². The van der Waals surface area contributed by atoms with Crippen molar-refractivity contribution in [2.75, 3.05) is 6.61 Å². The minimum atomic E-state index is 0.102. The van der Waals surface area contributed by atoms with Crippen molar-refractivity contribution in [3.05, 3.63) is 53.6 Å². The van der Waals surface area contributed by atoms with E-state index in [9.17, 15) is 4.79 Å². The van der Waals surface area contributed by atoms with Gasteiger partial charge in [0, 0.05) is 5.56 Å². The second-order valence-corrected chi connectivity index (χ2v) is 4.91. The Balaban J connectivity index is 1.95. The van der Waals surface area contributed by atoms with Gasteiger partial charge in [0.1, 0.15) is 5.75 Å². The molecule has 0 fully saturated rings. The number of Topliss-reactive ketones (excluding diaryl/α,β-unsaturated/α-hetero) is 1. The highest BCUT2D eigenvalue weighted by Crippen LogP contribution is 2.30. The number of benzene rings is 2. The maximum Gasteiger partial charge on any atom is 0.159 e. The highest BCUT2D eigenvalue weighted by Gasteiger charge is 2.11. The van der Waals surface area contributed by atoms with E-state index in [1.165, 1.54) is 11.1 Å². The number of fused-ring (bicyclic) bond motifs is 1. The normalized spacial score (nSPS) is 13.5. The molecule has 0 aromatic heterocycles. The average Bonchev–Trinajstić information content (AvgIpc) is 2.47. The molecule has 0 amide bonds. The van der Waals surface area contributed by atoms with E-state index in [-0.39, 0.29) is 5.78 Å². The van der Waals surface area contributed by atoms with Crippen molar-refractivity contribution in [2.24, 2.45) is 0 Å². The summed E-state index contributed by atoms with van der Waals surface area (Å²) in [5, 5.41) is 0. The highest BCUT2D eigenvalue weighted by atomic mass is 16.5. The highest BCUT2D eigenvalue weighted by molar-refractivity contribution is 5.94. The molecule has 96 valence electrons. The van der Waals surface area contributed by atoms with E-state index in [0.29, 0.717) is 0 Å². The first-order chi connectivity index (χ1) is 9.24. The first kappa shape index (κ1) is 12.0. The summed E-state index contributed by atoms with van der Waals surface area (Å²) in [5.74, 6) is 1.11. The van der Waals surface area contributed by atoms with Crippen LogP contribution in [0.2, 0.25) is 0 Å². The summed E-state index contributed by atoms with van der Waals surface area (Å²) in [6, 6.07) is 14.1. The molecule has 2 heteroatoms. The van der Waals surface area contributed by atoms with Crippen LogP contribution < -0.4 is 4.74 Å². The van der Waals surface area contributed by atoms with Crippen LogP contribution in [0.15, 0.2) is 42.5 Å². The quantitative estimate of drug-likeness (QED) is 0.758. The van der Waals surface area contributed by atoms with Gasteiger partial charge in [-0.3, -0.25) is 4.79 Å². The van der Waals surface area contributed by atoms with E-state index in [0.717, 1.165) is 36.3 Å². The van der Waals surface area contributed by atoms with Crippen molar-refractivity contribution in [3.8, 4) is 16.9 Å². The summed E-state index contributed by atoms with van der Waals surface area (Å²) >= 11 is 0. The van der Waals surface area contributed by atoms with Crippen LogP contribution in [0.1, 0.15) is 29.3 Å². The van der Waals surface area contributed by atoms with E-state index in [4.69, 9.17) is 4.74 Å². The fraction of sp³-hybridized carbons (Fsp3) is 0.235. The Bertz CT molecular complexity index is 612. The van der Waals surface area contributed by atoms with Gasteiger partial charge >= 0.3 is 0 Å². The third kappa shape index (κ3) is 2.39. The fourth-order valence-electron chi connectivity index (χ4n) is 2.44. The van der Waals surface area contributed by atoms with Gasteiger partial charge in [0.05, 0.1) is 6.61 Å². The van der Waals surface area contributed by atoms with Gasteiger partial charge in [-0.1, -0.05) is 30.3 Å². The molecule has 0 unspecified atom stereocenters. The molecule has 2 aromatic rings. The summed E-state index contributed by atoms with van der Waals surface area (Å²) in [6.07, 6.45) is 2.16. The Morgan fingerprint density at radius 3 is 2.53 bits per heavy atom. The molecule has 1 aliphatic rings. The maximum absolute atomic E-state index is 11.3. The Morgan fingerprint density at radius 1 is 1.05 bits per heavy atom. The summed E-state index contributed by atoms with van der Waals surface area (Å²) < 4.78 is 5.62. The third-order valence-electron chi connectivity index (χ3n) is 3.53. The molecule has 1 heterocycles. The van der Waals surface area contributed by atoms with Crippen LogP contribution in [0.3, 0.4) is 0 Å². The molecule has 0 radical (unpaired) electrons. The first-order valence-electron chi connectivity index (χ1n) is 6.61. The Kier molecular flexibility index (Phi) is 3.08. The fourth-order valence-corrected chi connectivity index (χ4v) is 2.44. The van der Waals surface area contributed by atoms with Gasteiger partial charge in [-0.05, 0) is 48.6 Å². The largest absolute Gasteiger partial charge is 0.493 e. The van der Waals surface area contributed by atoms with E-state index >= 15 is 0 Å². The zero-order valence-corrected chi connectivity index (χ0v) is 11.0. The molecule has 0 atom stereocenters. The van der Waals surface area contributed by atoms with Crippen LogP contribution in [0.4, 0.5) is 0 Å². The standard InChI is InChI=1S/C17H16O2/c1-12(18)13-4-6-14(7-5-13)15-8-9-17-16(11-15)3-2-10-19-17/h4-9,11H,2-3,10H2,1H3. The van der Waals surface area contributed by atoms with Crippen LogP contribution in [0.25, 0.3) is 11.1 Å². The summed E-state index contributed by atoms with van der Waals surface area (Å²) in [4.78, 5) is 11.3. The smallest absolute Gasteiger partial charge is 0.159 e. The molecular weight excluding hydrogens is 236 g/mol. The van der Waals surface area contributed by atoms with Gasteiger partial charge in [0.2, 0.25) is 0 Å². The third-order valence-corrected chi connectivity index (χ3v) is 3.53. The van der Waals surface area contributed by atoms with Crippen molar-refractivity contribution in [1.82, 2.24) is 0 Å². The Morgan fingerprint density at radius 2 is 1.79 bits per heavy atom. The van der Waals surface area contributed by atoms with Crippen LogP contribution in [0.5, 0.6) is 5.75 Å². The van der Waals surface area contributed by atoms with Crippen molar-refractivity contribution in [3.63, 3.8) is 0 Å². The SMILES string of the molecule is CC(=O)c1ccc(-c2ccc3c(c2)CCCO3)cc1. The lowest BCUT2D eigenvalue weighted by Gasteiger charge is -2.18. The zero-order chi connectivity index (χ0) is 13.2. The monoisotopic (exact) mass is 252 g/mol. The zero-order valence-electron chi connectivity index (χ0n) is 11.0. The predicted molar refractivity (Wildman–Crippen MR) is 75.7 cm³/mol. The molecule has 0 saturated heterocycles. The average molecular weight is 252 g/mol. The lowest BCUT2D eigenvalue weighted by Crippen LogP contribution is -2.08. The number of hydrogen-bond donors (Lipinski definition) is 0. The number of ketones is 1. The number of hydrogen-bond acceptors (Lipinski definition) is 2. The lowest BCUT2D eigenvalue weighted by molar-refractivity contribution is 0.101. The van der Waals surface area contributed by atoms with Gasteiger partial charge in [-0.15, -0.1) is 0 Å². The molecule has 0 bridgehead atoms. The van der Waals surface area contributed by atoms with Gasteiger partial charge < -0.3 is 4.74 Å². The molecule has 2 aromatic carbocycles. The lowest BCUT2D eigenvalue weighted by atomic mass is 9.98. The van der Waals surface area contributed by atoms with Crippen molar-refractivity contribution < 1.29 is 9.53 Å². The minimum absolute atomic E-state index is 0.102. The molecule has 19 heavy (non-hydrogen) atoms. The van der Waals surface area contributed by atoms with Gasteiger partial charge in [-0.25, -0.2) is 0 Å². The summed E-state index contributed by atoms with van der Waals surface area (Å²) in [7, 11) is 0. The second kappa shape index (κ2) is 4.88. The van der Waals surface area contributed by atoms with Gasteiger partial charge in [0.15, 0.2) is 5.78 Å². The number of rotatable bonds is 2. The number of carbonyl (C=O) groups is 1. The molecule has 1 aliphatic heterocycles. The summed E-state index contributed by atoms with van der Waals surface area (Å²) in [5.41, 5.74) is 4.35. The molecule has 0 spiro atoms.